The average molecular weight is 332 g/mol. The summed E-state index contributed by atoms with van der Waals surface area (Å²) in [5.74, 6) is 1.30. The third-order valence-corrected chi connectivity index (χ3v) is 3.85. The summed E-state index contributed by atoms with van der Waals surface area (Å²) < 4.78 is 21.0. The van der Waals surface area contributed by atoms with Gasteiger partial charge in [-0.15, -0.1) is 0 Å². The molecule has 0 saturated carbocycles. The Morgan fingerprint density at radius 3 is 1.50 bits per heavy atom. The van der Waals surface area contributed by atoms with Crippen LogP contribution in [0.3, 0.4) is 0 Å². The van der Waals surface area contributed by atoms with E-state index in [1.54, 1.807) is 0 Å². The predicted octanol–water partition coefficient (Wildman–Crippen LogP) is 1.14. The quantitative estimate of drug-likeness (QED) is 0.306. The van der Waals surface area contributed by atoms with E-state index in [0.717, 1.165) is 38.5 Å². The molecule has 0 radical (unpaired) electrons. The van der Waals surface area contributed by atoms with Crippen LogP contribution in [0.15, 0.2) is 0 Å². The molecule has 4 nitrogen and oxygen atoms in total. The molecule has 6 heteroatoms. The van der Waals surface area contributed by atoms with E-state index < -0.39 is 7.82 Å². The maximum absolute atomic E-state index is 11.4. The number of hydrogen-bond donors (Lipinski definition) is 0. The third-order valence-electron chi connectivity index (χ3n) is 2.85. The van der Waals surface area contributed by atoms with Crippen LogP contribution in [-0.4, -0.2) is 13.2 Å². The zero-order valence-electron chi connectivity index (χ0n) is 13.9. The third kappa shape index (κ3) is 17.8. The van der Waals surface area contributed by atoms with Crippen molar-refractivity contribution in [1.82, 2.24) is 0 Å². The van der Waals surface area contributed by atoms with E-state index in [1.807, 2.05) is 0 Å². The zero-order valence-corrected chi connectivity index (χ0v) is 17.9. The molecule has 0 aliphatic heterocycles. The summed E-state index contributed by atoms with van der Waals surface area (Å²) in [6.45, 7) is 9.08. The van der Waals surface area contributed by atoms with Gasteiger partial charge in [-0.05, 0) is 24.7 Å². The number of rotatable bonds is 12. The Balaban J connectivity index is 0. The van der Waals surface area contributed by atoms with Crippen LogP contribution >= 0.6 is 7.82 Å². The van der Waals surface area contributed by atoms with E-state index in [4.69, 9.17) is 9.05 Å². The fraction of sp³-hybridized carbons (Fsp3) is 1.00. The van der Waals surface area contributed by atoms with Crippen molar-refractivity contribution in [2.24, 2.45) is 11.8 Å². The first-order valence-electron chi connectivity index (χ1n) is 7.43. The molecule has 0 atom stereocenters. The maximum Gasteiger partial charge on any atom is 1.00 e. The molecule has 0 aliphatic rings. The average Bonchev–Trinajstić information content (AvgIpc) is 2.27. The van der Waals surface area contributed by atoms with Crippen molar-refractivity contribution in [3.8, 4) is 0 Å². The summed E-state index contributed by atoms with van der Waals surface area (Å²) in [5.41, 5.74) is 0. The molecule has 0 heterocycles. The van der Waals surface area contributed by atoms with Gasteiger partial charge in [0.2, 0.25) is 0 Å². The molecule has 116 valence electrons. The Bertz CT molecular complexity index is 238. The van der Waals surface area contributed by atoms with Crippen molar-refractivity contribution in [2.75, 3.05) is 13.2 Å². The summed E-state index contributed by atoms with van der Waals surface area (Å²) in [6, 6.07) is 0. The fourth-order valence-corrected chi connectivity index (χ4v) is 2.48. The summed E-state index contributed by atoms with van der Waals surface area (Å²) in [5, 5.41) is 0. The Kier molecular flexibility index (Phi) is 17.2. The number of unbranched alkanes of at least 4 members (excludes halogenated alkanes) is 2. The monoisotopic (exact) mass is 332 g/mol. The molecule has 0 aromatic rings. The number of phosphoric acid groups is 1. The van der Waals surface area contributed by atoms with Crippen LogP contribution in [0.5, 0.6) is 0 Å². The van der Waals surface area contributed by atoms with Crippen LogP contribution in [-0.2, 0) is 13.6 Å². The minimum absolute atomic E-state index is 0. The minimum atomic E-state index is -4.07. The Morgan fingerprint density at radius 1 is 0.850 bits per heavy atom. The van der Waals surface area contributed by atoms with E-state index in [2.05, 4.69) is 27.7 Å². The molecule has 0 spiro atoms. The topological polar surface area (TPSA) is 58.6 Å². The smallest absolute Gasteiger partial charge is 0.756 e. The molecule has 0 saturated heterocycles. The van der Waals surface area contributed by atoms with Gasteiger partial charge in [-0.25, -0.2) is 0 Å². The van der Waals surface area contributed by atoms with Crippen molar-refractivity contribution in [3.05, 3.63) is 0 Å². The minimum Gasteiger partial charge on any atom is -0.756 e. The first kappa shape index (κ1) is 24.0. The SMILES string of the molecule is CC(C)CCCCOP(=O)([O-])OCCCCC(C)C.[K+]. The van der Waals surface area contributed by atoms with E-state index in [1.165, 1.54) is 0 Å². The van der Waals surface area contributed by atoms with Gasteiger partial charge >= 0.3 is 51.4 Å². The first-order chi connectivity index (χ1) is 8.83. The van der Waals surface area contributed by atoms with E-state index in [0.29, 0.717) is 11.8 Å². The Labute approximate surface area is 167 Å². The molecule has 0 aromatic heterocycles. The molecule has 20 heavy (non-hydrogen) atoms. The van der Waals surface area contributed by atoms with Crippen LogP contribution in [0.1, 0.15) is 66.2 Å². The molecule has 0 fully saturated rings. The zero-order chi connectivity index (χ0) is 14.7. The van der Waals surface area contributed by atoms with Gasteiger partial charge in [0.15, 0.2) is 0 Å². The molecule has 0 N–H and O–H groups in total. The molecule has 0 rings (SSSR count). The normalized spacial score (nSPS) is 11.9. The van der Waals surface area contributed by atoms with Crippen LogP contribution in [0.25, 0.3) is 0 Å². The maximum atomic E-state index is 11.4. The van der Waals surface area contributed by atoms with E-state index >= 15 is 0 Å². The molecule has 0 amide bonds. The van der Waals surface area contributed by atoms with Gasteiger partial charge in [0.05, 0.1) is 13.2 Å². The second-order valence-corrected chi connectivity index (χ2v) is 7.30. The molecule has 0 bridgehead atoms. The molecular weight excluding hydrogens is 302 g/mol. The van der Waals surface area contributed by atoms with Crippen LogP contribution in [0.4, 0.5) is 0 Å². The van der Waals surface area contributed by atoms with E-state index in [9.17, 15) is 9.46 Å². The second-order valence-electron chi connectivity index (χ2n) is 5.89. The Hall–Kier alpha value is 1.75. The molecule has 0 aromatic carbocycles. The van der Waals surface area contributed by atoms with Crippen LogP contribution < -0.4 is 56.3 Å². The first-order valence-corrected chi connectivity index (χ1v) is 8.89. The number of phosphoric ester groups is 1. The second kappa shape index (κ2) is 14.3. The standard InChI is InChI=1S/C14H31O4P.K/c1-13(2)9-5-7-11-17-19(15,16)18-12-8-6-10-14(3)4;/h13-14H,5-12H2,1-4H3,(H,15,16);/q;+1/p-1. The summed E-state index contributed by atoms with van der Waals surface area (Å²) in [7, 11) is -4.07. The summed E-state index contributed by atoms with van der Waals surface area (Å²) in [4.78, 5) is 11.4. The van der Waals surface area contributed by atoms with Gasteiger partial charge in [-0.2, -0.15) is 0 Å². The van der Waals surface area contributed by atoms with Gasteiger partial charge in [0.25, 0.3) is 7.82 Å². The number of hydrogen-bond acceptors (Lipinski definition) is 4. The summed E-state index contributed by atoms with van der Waals surface area (Å²) >= 11 is 0. The van der Waals surface area contributed by atoms with Crippen molar-refractivity contribution < 1.29 is 69.9 Å². The van der Waals surface area contributed by atoms with Crippen LogP contribution in [0, 0.1) is 11.8 Å². The molecule has 0 aliphatic carbocycles. The molecule has 0 unspecified atom stereocenters. The molecular formula is C14H30KO4P. The fourth-order valence-electron chi connectivity index (χ4n) is 1.70. The van der Waals surface area contributed by atoms with Gasteiger partial charge in [-0.3, -0.25) is 4.57 Å². The van der Waals surface area contributed by atoms with E-state index in [-0.39, 0.29) is 64.6 Å². The van der Waals surface area contributed by atoms with Crippen LogP contribution in [0.2, 0.25) is 0 Å². The van der Waals surface area contributed by atoms with Crippen molar-refractivity contribution in [3.63, 3.8) is 0 Å². The van der Waals surface area contributed by atoms with Gasteiger partial charge in [0.1, 0.15) is 0 Å². The van der Waals surface area contributed by atoms with Gasteiger partial charge in [0, 0.05) is 0 Å². The van der Waals surface area contributed by atoms with Crippen molar-refractivity contribution >= 4 is 7.82 Å². The Morgan fingerprint density at radius 2 is 1.20 bits per heavy atom. The predicted molar refractivity (Wildman–Crippen MR) is 76.9 cm³/mol. The summed E-state index contributed by atoms with van der Waals surface area (Å²) in [6.07, 6.45) is 5.71. The largest absolute Gasteiger partial charge is 1.00 e. The van der Waals surface area contributed by atoms with Gasteiger partial charge in [-0.1, -0.05) is 53.4 Å². The van der Waals surface area contributed by atoms with Crippen molar-refractivity contribution in [2.45, 2.75) is 66.2 Å². The van der Waals surface area contributed by atoms with Gasteiger partial charge < -0.3 is 13.9 Å². The van der Waals surface area contributed by atoms with Crippen molar-refractivity contribution in [1.29, 1.82) is 0 Å².